The molecule has 0 aliphatic rings. The molecule has 3 aromatic rings. The molecule has 1 aromatic heterocycles. The van der Waals surface area contributed by atoms with Gasteiger partial charge in [0, 0.05) is 0 Å². The molecule has 2 N–H and O–H groups in total. The highest BCUT2D eigenvalue weighted by atomic mass is 19.4. The second-order valence-corrected chi connectivity index (χ2v) is 6.05. The standard InChI is InChI=1S/C19H15F3N4O4/c20-19(21,22)14-5-6-16(26-11-23-10-24-26)15(7-14)25-17(28)9-30-18(29)13-3-1-12(8-27)2-4-13/h1-7,10-11,27H,8-9H2,(H,25,28). The molecule has 8 nitrogen and oxygen atoms in total. The van der Waals surface area contributed by atoms with Crippen LogP contribution in [-0.4, -0.2) is 38.4 Å². The van der Waals surface area contributed by atoms with E-state index in [4.69, 9.17) is 9.84 Å². The summed E-state index contributed by atoms with van der Waals surface area (Å²) in [5.74, 6) is -1.63. The van der Waals surface area contributed by atoms with Crippen LogP contribution < -0.4 is 5.32 Å². The summed E-state index contributed by atoms with van der Waals surface area (Å²) < 4.78 is 45.2. The van der Waals surface area contributed by atoms with Gasteiger partial charge in [-0.3, -0.25) is 4.79 Å². The van der Waals surface area contributed by atoms with Gasteiger partial charge in [0.25, 0.3) is 5.91 Å². The third-order valence-corrected chi connectivity index (χ3v) is 3.97. The minimum absolute atomic E-state index is 0.153. The van der Waals surface area contributed by atoms with E-state index in [1.807, 2.05) is 0 Å². The number of aliphatic hydroxyl groups excluding tert-OH is 1. The number of amides is 1. The highest BCUT2D eigenvalue weighted by Gasteiger charge is 2.31. The van der Waals surface area contributed by atoms with Crippen molar-refractivity contribution in [3.8, 4) is 5.69 Å². The Labute approximate surface area is 167 Å². The number of hydrogen-bond acceptors (Lipinski definition) is 6. The number of anilines is 1. The molecule has 11 heteroatoms. The number of halogens is 3. The van der Waals surface area contributed by atoms with E-state index in [9.17, 15) is 22.8 Å². The maximum atomic E-state index is 13.0. The van der Waals surface area contributed by atoms with Crippen LogP contribution in [-0.2, 0) is 22.3 Å². The lowest BCUT2D eigenvalue weighted by Crippen LogP contribution is -2.22. The molecule has 1 heterocycles. The molecule has 2 aromatic carbocycles. The maximum Gasteiger partial charge on any atom is 0.416 e. The number of hydrogen-bond donors (Lipinski definition) is 2. The lowest BCUT2D eigenvalue weighted by atomic mass is 10.1. The Morgan fingerprint density at radius 3 is 2.47 bits per heavy atom. The molecule has 0 spiro atoms. The van der Waals surface area contributed by atoms with Crippen LogP contribution in [0.5, 0.6) is 0 Å². The van der Waals surface area contributed by atoms with E-state index in [-0.39, 0.29) is 23.5 Å². The van der Waals surface area contributed by atoms with E-state index in [0.29, 0.717) is 5.56 Å². The number of benzene rings is 2. The van der Waals surface area contributed by atoms with Gasteiger partial charge in [0.1, 0.15) is 12.7 Å². The van der Waals surface area contributed by atoms with Gasteiger partial charge in [-0.2, -0.15) is 18.3 Å². The van der Waals surface area contributed by atoms with Gasteiger partial charge >= 0.3 is 12.1 Å². The predicted molar refractivity (Wildman–Crippen MR) is 97.6 cm³/mol. The van der Waals surface area contributed by atoms with Gasteiger partial charge in [0.05, 0.1) is 29.1 Å². The number of nitrogens with one attached hydrogen (secondary N) is 1. The third-order valence-electron chi connectivity index (χ3n) is 3.97. The molecule has 0 saturated carbocycles. The number of ether oxygens (including phenoxy) is 1. The number of aliphatic hydroxyl groups is 1. The van der Waals surface area contributed by atoms with Crippen LogP contribution in [0.4, 0.5) is 18.9 Å². The fraction of sp³-hybridized carbons (Fsp3) is 0.158. The molecule has 156 valence electrons. The Balaban J connectivity index is 1.72. The van der Waals surface area contributed by atoms with Crippen molar-refractivity contribution in [2.24, 2.45) is 0 Å². The zero-order valence-electron chi connectivity index (χ0n) is 15.3. The summed E-state index contributed by atoms with van der Waals surface area (Å²) >= 11 is 0. The van der Waals surface area contributed by atoms with Crippen LogP contribution in [0, 0.1) is 0 Å². The Hall–Kier alpha value is -3.73. The Bertz CT molecular complexity index is 1030. The molecular formula is C19H15F3N4O4. The summed E-state index contributed by atoms with van der Waals surface area (Å²) in [6, 6.07) is 8.62. The zero-order valence-corrected chi connectivity index (χ0v) is 15.3. The summed E-state index contributed by atoms with van der Waals surface area (Å²) in [7, 11) is 0. The molecule has 30 heavy (non-hydrogen) atoms. The van der Waals surface area contributed by atoms with Gasteiger partial charge in [-0.25, -0.2) is 14.5 Å². The lowest BCUT2D eigenvalue weighted by Gasteiger charge is -2.14. The predicted octanol–water partition coefficient (Wildman–Crippen LogP) is 2.57. The van der Waals surface area contributed by atoms with Crippen LogP contribution in [0.15, 0.2) is 55.1 Å². The molecule has 0 aliphatic carbocycles. The first-order valence-corrected chi connectivity index (χ1v) is 8.51. The van der Waals surface area contributed by atoms with Crippen molar-refractivity contribution >= 4 is 17.6 Å². The van der Waals surface area contributed by atoms with Crippen molar-refractivity contribution in [3.05, 3.63) is 71.8 Å². The molecule has 0 atom stereocenters. The fourth-order valence-corrected chi connectivity index (χ4v) is 2.49. The van der Waals surface area contributed by atoms with Crippen LogP contribution in [0.25, 0.3) is 5.69 Å². The van der Waals surface area contributed by atoms with Crippen molar-refractivity contribution in [2.75, 3.05) is 11.9 Å². The van der Waals surface area contributed by atoms with E-state index in [1.54, 1.807) is 0 Å². The maximum absolute atomic E-state index is 13.0. The molecule has 1 amide bonds. The monoisotopic (exact) mass is 420 g/mol. The van der Waals surface area contributed by atoms with E-state index in [1.165, 1.54) is 41.6 Å². The van der Waals surface area contributed by atoms with E-state index < -0.39 is 30.2 Å². The molecular weight excluding hydrogens is 405 g/mol. The molecule has 0 saturated heterocycles. The van der Waals surface area contributed by atoms with Gasteiger partial charge in [0.2, 0.25) is 0 Å². The molecule has 0 radical (unpaired) electrons. The van der Waals surface area contributed by atoms with Crippen LogP contribution in [0.3, 0.4) is 0 Å². The smallest absolute Gasteiger partial charge is 0.416 e. The summed E-state index contributed by atoms with van der Waals surface area (Å²) in [6.07, 6.45) is -2.17. The molecule has 0 aliphatic heterocycles. The molecule has 0 bridgehead atoms. The fourth-order valence-electron chi connectivity index (χ4n) is 2.49. The van der Waals surface area contributed by atoms with Crippen molar-refractivity contribution in [1.82, 2.24) is 14.8 Å². The Morgan fingerprint density at radius 1 is 1.13 bits per heavy atom. The second kappa shape index (κ2) is 8.74. The molecule has 0 unspecified atom stereocenters. The SMILES string of the molecule is O=C(COC(=O)c1ccc(CO)cc1)Nc1cc(C(F)(F)F)ccc1-n1cncn1. The van der Waals surface area contributed by atoms with Crippen LogP contribution in [0.1, 0.15) is 21.5 Å². The van der Waals surface area contributed by atoms with Gasteiger partial charge in [0.15, 0.2) is 6.61 Å². The average molecular weight is 420 g/mol. The van der Waals surface area contributed by atoms with Gasteiger partial charge < -0.3 is 15.2 Å². The summed E-state index contributed by atoms with van der Waals surface area (Å²) in [5, 5.41) is 15.1. The molecule has 0 fully saturated rings. The van der Waals surface area contributed by atoms with Crippen molar-refractivity contribution < 1.29 is 32.6 Å². The molecule has 3 rings (SSSR count). The van der Waals surface area contributed by atoms with Crippen molar-refractivity contribution in [1.29, 1.82) is 0 Å². The van der Waals surface area contributed by atoms with E-state index in [2.05, 4.69) is 15.4 Å². The lowest BCUT2D eigenvalue weighted by molar-refractivity contribution is -0.137. The van der Waals surface area contributed by atoms with Gasteiger partial charge in [-0.05, 0) is 35.9 Å². The summed E-state index contributed by atoms with van der Waals surface area (Å²) in [6.45, 7) is -0.906. The summed E-state index contributed by atoms with van der Waals surface area (Å²) in [5.41, 5.74) is -0.247. The van der Waals surface area contributed by atoms with Crippen LogP contribution >= 0.6 is 0 Å². The third kappa shape index (κ3) is 5.00. The number of aromatic nitrogens is 3. The zero-order chi connectivity index (χ0) is 21.7. The number of carbonyl (C=O) groups is 2. The highest BCUT2D eigenvalue weighted by Crippen LogP contribution is 2.33. The van der Waals surface area contributed by atoms with E-state index in [0.717, 1.165) is 18.2 Å². The first kappa shape index (κ1) is 21.0. The Kier molecular flexibility index (Phi) is 6.11. The number of alkyl halides is 3. The number of esters is 1. The minimum atomic E-state index is -4.62. The second-order valence-electron chi connectivity index (χ2n) is 6.05. The number of rotatable bonds is 6. The van der Waals surface area contributed by atoms with Gasteiger partial charge in [-0.1, -0.05) is 12.1 Å². The summed E-state index contributed by atoms with van der Waals surface area (Å²) in [4.78, 5) is 27.9. The van der Waals surface area contributed by atoms with Crippen molar-refractivity contribution in [3.63, 3.8) is 0 Å². The van der Waals surface area contributed by atoms with Crippen molar-refractivity contribution in [2.45, 2.75) is 12.8 Å². The highest BCUT2D eigenvalue weighted by molar-refractivity contribution is 5.96. The normalized spacial score (nSPS) is 11.2. The largest absolute Gasteiger partial charge is 0.452 e. The number of carbonyl (C=O) groups excluding carboxylic acids is 2. The number of nitrogens with zero attached hydrogens (tertiary/aromatic N) is 3. The Morgan fingerprint density at radius 2 is 1.87 bits per heavy atom. The first-order chi connectivity index (χ1) is 14.3. The minimum Gasteiger partial charge on any atom is -0.452 e. The quantitative estimate of drug-likeness (QED) is 0.594. The topological polar surface area (TPSA) is 106 Å². The average Bonchev–Trinajstić information content (AvgIpc) is 3.26. The van der Waals surface area contributed by atoms with Gasteiger partial charge in [-0.15, -0.1) is 0 Å². The van der Waals surface area contributed by atoms with E-state index >= 15 is 0 Å². The first-order valence-electron chi connectivity index (χ1n) is 8.51. The van der Waals surface area contributed by atoms with Crippen LogP contribution in [0.2, 0.25) is 0 Å².